The Balaban J connectivity index is 0. The highest BCUT2D eigenvalue weighted by Gasteiger charge is 2.19. The zero-order valence-corrected chi connectivity index (χ0v) is 18.6. The van der Waals surface area contributed by atoms with E-state index in [0.717, 1.165) is 25.7 Å². The highest BCUT2D eigenvalue weighted by atomic mass is 32.2. The molecule has 0 fully saturated rings. The molecule has 0 saturated carbocycles. The molecule has 0 aromatic rings. The number of nitrogens with one attached hydrogen (secondary N) is 2. The van der Waals surface area contributed by atoms with Gasteiger partial charge in [0, 0.05) is 11.5 Å². The molecule has 0 aromatic heterocycles. The van der Waals surface area contributed by atoms with E-state index >= 15 is 0 Å². The topological polar surface area (TPSA) is 116 Å². The van der Waals surface area contributed by atoms with Crippen LogP contribution in [0.2, 0.25) is 0 Å². The maximum atomic E-state index is 11.5. The number of hydrogen-bond donors (Lipinski definition) is 4. The second-order valence-electron chi connectivity index (χ2n) is 7.11. The number of urea groups is 1. The fraction of sp³-hybridized carbons (Fsp3) is 0.591. The van der Waals surface area contributed by atoms with Gasteiger partial charge in [-0.1, -0.05) is 42.4 Å². The summed E-state index contributed by atoms with van der Waals surface area (Å²) in [6.07, 6.45) is 10.7. The van der Waals surface area contributed by atoms with E-state index in [0.29, 0.717) is 5.75 Å². The summed E-state index contributed by atoms with van der Waals surface area (Å²) in [4.78, 5) is 33.1. The summed E-state index contributed by atoms with van der Waals surface area (Å²) >= 11 is 1.40. The summed E-state index contributed by atoms with van der Waals surface area (Å²) in [5, 5.41) is 22.0. The maximum absolute atomic E-state index is 11.5. The van der Waals surface area contributed by atoms with Gasteiger partial charge in [0.2, 0.25) is 0 Å². The highest BCUT2D eigenvalue weighted by molar-refractivity contribution is 7.99. The predicted octanol–water partition coefficient (Wildman–Crippen LogP) is 4.61. The SMILES string of the molecule is C.CC(C)=CCC/C(C)=C/CC/C(C)=C/CSC[C@H](NC(=O)NCC(=O)O)C(=O)O. The molecule has 172 valence electrons. The first kappa shape index (κ1) is 30.0. The molecule has 1 atom stereocenters. The molecular weight excluding hydrogens is 404 g/mol. The van der Waals surface area contributed by atoms with Gasteiger partial charge in [0.05, 0.1) is 0 Å². The number of allylic oxidation sites excluding steroid dienone is 5. The van der Waals surface area contributed by atoms with Crippen molar-refractivity contribution in [2.45, 2.75) is 66.8 Å². The van der Waals surface area contributed by atoms with E-state index in [9.17, 15) is 19.5 Å². The van der Waals surface area contributed by atoms with Gasteiger partial charge in [-0.3, -0.25) is 4.79 Å². The zero-order valence-electron chi connectivity index (χ0n) is 17.8. The second kappa shape index (κ2) is 17.6. The monoisotopic (exact) mass is 442 g/mol. The van der Waals surface area contributed by atoms with Crippen molar-refractivity contribution in [1.29, 1.82) is 0 Å². The van der Waals surface area contributed by atoms with Gasteiger partial charge in [-0.05, 0) is 53.4 Å². The molecule has 0 aliphatic carbocycles. The van der Waals surface area contributed by atoms with E-state index in [1.54, 1.807) is 0 Å². The number of carboxylic acid groups (broad SMARTS) is 2. The lowest BCUT2D eigenvalue weighted by Gasteiger charge is -2.14. The molecule has 0 radical (unpaired) electrons. The zero-order chi connectivity index (χ0) is 22.2. The van der Waals surface area contributed by atoms with Crippen molar-refractivity contribution < 1.29 is 24.6 Å². The van der Waals surface area contributed by atoms with Crippen LogP contribution in [-0.4, -0.2) is 52.3 Å². The third-order valence-corrected chi connectivity index (χ3v) is 4.93. The Morgan fingerprint density at radius 2 is 1.50 bits per heavy atom. The quantitative estimate of drug-likeness (QED) is 0.231. The molecule has 0 rings (SSSR count). The molecule has 0 saturated heterocycles. The first-order chi connectivity index (χ1) is 13.6. The summed E-state index contributed by atoms with van der Waals surface area (Å²) in [6.45, 7) is 7.86. The summed E-state index contributed by atoms with van der Waals surface area (Å²) in [7, 11) is 0. The predicted molar refractivity (Wildman–Crippen MR) is 125 cm³/mol. The number of carbonyl (C=O) groups is 3. The van der Waals surface area contributed by atoms with Crippen LogP contribution in [0.25, 0.3) is 0 Å². The number of hydrogen-bond acceptors (Lipinski definition) is 4. The van der Waals surface area contributed by atoms with Crippen LogP contribution in [0.3, 0.4) is 0 Å². The molecule has 7 nitrogen and oxygen atoms in total. The van der Waals surface area contributed by atoms with Crippen LogP contribution >= 0.6 is 11.8 Å². The molecule has 4 N–H and O–H groups in total. The maximum Gasteiger partial charge on any atom is 0.327 e. The lowest BCUT2D eigenvalue weighted by Crippen LogP contribution is -2.48. The van der Waals surface area contributed by atoms with E-state index in [1.165, 1.54) is 28.5 Å². The van der Waals surface area contributed by atoms with Crippen molar-refractivity contribution in [2.24, 2.45) is 0 Å². The third-order valence-electron chi connectivity index (χ3n) is 3.96. The smallest absolute Gasteiger partial charge is 0.327 e. The van der Waals surface area contributed by atoms with E-state index in [2.05, 4.69) is 56.6 Å². The molecule has 0 spiro atoms. The molecule has 0 aliphatic heterocycles. The van der Waals surface area contributed by atoms with Gasteiger partial charge >= 0.3 is 18.0 Å². The molecule has 30 heavy (non-hydrogen) atoms. The van der Waals surface area contributed by atoms with Crippen LogP contribution in [0, 0.1) is 0 Å². The van der Waals surface area contributed by atoms with E-state index in [1.807, 2.05) is 0 Å². The molecule has 0 aromatic carbocycles. The van der Waals surface area contributed by atoms with E-state index in [4.69, 9.17) is 5.11 Å². The summed E-state index contributed by atoms with van der Waals surface area (Å²) in [5.74, 6) is -1.50. The fourth-order valence-corrected chi connectivity index (χ4v) is 3.27. The number of rotatable bonds is 14. The van der Waals surface area contributed by atoms with Gasteiger partial charge < -0.3 is 20.8 Å². The van der Waals surface area contributed by atoms with Gasteiger partial charge in [-0.15, -0.1) is 0 Å². The van der Waals surface area contributed by atoms with Crippen molar-refractivity contribution in [3.05, 3.63) is 34.9 Å². The summed E-state index contributed by atoms with van der Waals surface area (Å²) < 4.78 is 0. The largest absolute Gasteiger partial charge is 0.480 e. The number of carbonyl (C=O) groups excluding carboxylic acids is 1. The molecule has 0 unspecified atom stereocenters. The normalized spacial score (nSPS) is 12.4. The van der Waals surface area contributed by atoms with Gasteiger partial charge in [-0.25, -0.2) is 9.59 Å². The molecule has 0 aliphatic rings. The number of amides is 2. The van der Waals surface area contributed by atoms with Crippen molar-refractivity contribution in [2.75, 3.05) is 18.1 Å². The van der Waals surface area contributed by atoms with Crippen molar-refractivity contribution in [3.63, 3.8) is 0 Å². The van der Waals surface area contributed by atoms with Gasteiger partial charge in [0.15, 0.2) is 0 Å². The Labute approximate surface area is 185 Å². The van der Waals surface area contributed by atoms with Crippen LogP contribution in [0.5, 0.6) is 0 Å². The first-order valence-corrected chi connectivity index (χ1v) is 10.8. The van der Waals surface area contributed by atoms with Crippen molar-refractivity contribution >= 4 is 29.7 Å². The first-order valence-electron chi connectivity index (χ1n) is 9.63. The van der Waals surface area contributed by atoms with Gasteiger partial charge in [0.25, 0.3) is 0 Å². The average molecular weight is 443 g/mol. The Morgan fingerprint density at radius 1 is 0.933 bits per heavy atom. The Kier molecular flexibility index (Phi) is 17.6. The standard InChI is InChI=1S/C21H34N2O5S.CH4/c1-15(2)7-5-8-16(3)9-6-10-17(4)11-12-29-14-18(20(26)27)23-21(28)22-13-19(24)25;/h7,9,11,18H,5-6,8,10,12-14H2,1-4H3,(H,24,25)(H,26,27)(H2,22,23,28);1H4/b16-9+,17-11+;/t18-;/m0./s1. The lowest BCUT2D eigenvalue weighted by molar-refractivity contribution is -0.138. The summed E-state index contributed by atoms with van der Waals surface area (Å²) in [6, 6.07) is -1.88. The van der Waals surface area contributed by atoms with Gasteiger partial charge in [-0.2, -0.15) is 11.8 Å². The van der Waals surface area contributed by atoms with Crippen LogP contribution < -0.4 is 10.6 Å². The van der Waals surface area contributed by atoms with Crippen molar-refractivity contribution in [3.8, 4) is 0 Å². The molecule has 0 heterocycles. The Hall–Kier alpha value is -2.22. The number of aliphatic carboxylic acids is 2. The third kappa shape index (κ3) is 17.8. The number of carboxylic acids is 2. The average Bonchev–Trinajstić information content (AvgIpc) is 2.61. The molecule has 0 bridgehead atoms. The van der Waals surface area contributed by atoms with Crippen LogP contribution in [0.4, 0.5) is 4.79 Å². The highest BCUT2D eigenvalue weighted by Crippen LogP contribution is 2.13. The minimum Gasteiger partial charge on any atom is -0.480 e. The lowest BCUT2D eigenvalue weighted by atomic mass is 10.1. The molecule has 8 heteroatoms. The van der Waals surface area contributed by atoms with E-state index < -0.39 is 30.6 Å². The van der Waals surface area contributed by atoms with Crippen LogP contribution in [0.1, 0.15) is 60.8 Å². The number of thioether (sulfide) groups is 1. The van der Waals surface area contributed by atoms with Crippen LogP contribution in [-0.2, 0) is 9.59 Å². The van der Waals surface area contributed by atoms with E-state index in [-0.39, 0.29) is 13.2 Å². The molecule has 2 amide bonds. The fourth-order valence-electron chi connectivity index (χ4n) is 2.27. The van der Waals surface area contributed by atoms with Crippen molar-refractivity contribution in [1.82, 2.24) is 10.6 Å². The molecular formula is C22H38N2O5S. The van der Waals surface area contributed by atoms with Crippen LogP contribution in [0.15, 0.2) is 34.9 Å². The Morgan fingerprint density at radius 3 is 2.03 bits per heavy atom. The minimum absolute atomic E-state index is 0. The Bertz CT molecular complexity index is 637. The second-order valence-corrected chi connectivity index (χ2v) is 8.18. The minimum atomic E-state index is -1.19. The van der Waals surface area contributed by atoms with Gasteiger partial charge in [0.1, 0.15) is 12.6 Å². The summed E-state index contributed by atoms with van der Waals surface area (Å²) in [5.41, 5.74) is 3.97.